The predicted octanol–water partition coefficient (Wildman–Crippen LogP) is 4.85. The van der Waals surface area contributed by atoms with Crippen molar-refractivity contribution < 1.29 is 4.39 Å². The highest BCUT2D eigenvalue weighted by atomic mass is 35.5. The van der Waals surface area contributed by atoms with Crippen LogP contribution >= 0.6 is 11.6 Å². The fourth-order valence-corrected chi connectivity index (χ4v) is 2.58. The summed E-state index contributed by atoms with van der Waals surface area (Å²) in [7, 11) is 0. The van der Waals surface area contributed by atoms with Gasteiger partial charge in [0.15, 0.2) is 0 Å². The van der Waals surface area contributed by atoms with Crippen LogP contribution in [0.5, 0.6) is 0 Å². The van der Waals surface area contributed by atoms with Crippen molar-refractivity contribution in [3.8, 4) is 23.0 Å². The van der Waals surface area contributed by atoms with Crippen LogP contribution in [0.15, 0.2) is 30.3 Å². The second-order valence-electron chi connectivity index (χ2n) is 5.00. The van der Waals surface area contributed by atoms with Gasteiger partial charge >= 0.3 is 0 Å². The van der Waals surface area contributed by atoms with Crippen LogP contribution in [0.25, 0.3) is 11.1 Å². The zero-order valence-electron chi connectivity index (χ0n) is 12.3. The lowest BCUT2D eigenvalue weighted by Gasteiger charge is -2.18. The Morgan fingerprint density at radius 2 is 2.00 bits per heavy atom. The van der Waals surface area contributed by atoms with E-state index in [2.05, 4.69) is 11.8 Å². The highest BCUT2D eigenvalue weighted by Gasteiger charge is 2.17. The molecule has 2 aromatic rings. The van der Waals surface area contributed by atoms with Gasteiger partial charge in [0.25, 0.3) is 0 Å². The summed E-state index contributed by atoms with van der Waals surface area (Å²) in [6, 6.07) is 8.08. The molecule has 0 aliphatic rings. The summed E-state index contributed by atoms with van der Waals surface area (Å²) in [5, 5.41) is 0.625. The van der Waals surface area contributed by atoms with Crippen LogP contribution in [0, 0.1) is 24.6 Å². The van der Waals surface area contributed by atoms with Crippen LogP contribution in [-0.2, 0) is 0 Å². The van der Waals surface area contributed by atoms with Crippen molar-refractivity contribution in [2.24, 2.45) is 5.73 Å². The van der Waals surface area contributed by atoms with Gasteiger partial charge in [-0.1, -0.05) is 29.7 Å². The molecule has 108 valence electrons. The van der Waals surface area contributed by atoms with E-state index >= 15 is 0 Å². The largest absolute Gasteiger partial charge is 0.324 e. The second kappa shape index (κ2) is 6.30. The molecule has 1 nitrogen and oxygen atoms in total. The van der Waals surface area contributed by atoms with Crippen molar-refractivity contribution in [3.05, 3.63) is 57.9 Å². The molecule has 2 aromatic carbocycles. The van der Waals surface area contributed by atoms with Crippen molar-refractivity contribution in [1.82, 2.24) is 0 Å². The number of nitrogens with two attached hydrogens (primary N) is 1. The summed E-state index contributed by atoms with van der Waals surface area (Å²) in [5.74, 6) is 5.70. The van der Waals surface area contributed by atoms with Gasteiger partial charge in [-0.05, 0) is 55.7 Å². The van der Waals surface area contributed by atoms with Gasteiger partial charge in [-0.25, -0.2) is 4.39 Å². The van der Waals surface area contributed by atoms with Crippen molar-refractivity contribution in [2.75, 3.05) is 0 Å². The minimum atomic E-state index is -0.286. The SMILES string of the molecule is CC#Cc1c(C)c(Cl)cc(C(C)N)c1-c1cccc(F)c1. The maximum atomic E-state index is 13.6. The quantitative estimate of drug-likeness (QED) is 0.789. The Labute approximate surface area is 129 Å². The Balaban J connectivity index is 2.88. The lowest BCUT2D eigenvalue weighted by atomic mass is 9.88. The molecule has 0 spiro atoms. The van der Waals surface area contributed by atoms with E-state index < -0.39 is 0 Å². The molecule has 0 amide bonds. The summed E-state index contributed by atoms with van der Waals surface area (Å²) in [5.41, 5.74) is 10.3. The Bertz CT molecular complexity index is 739. The first kappa shape index (κ1) is 15.6. The lowest BCUT2D eigenvalue weighted by Crippen LogP contribution is -2.09. The zero-order valence-corrected chi connectivity index (χ0v) is 13.1. The van der Waals surface area contributed by atoms with E-state index in [1.165, 1.54) is 12.1 Å². The molecule has 0 aromatic heterocycles. The summed E-state index contributed by atoms with van der Waals surface area (Å²) < 4.78 is 13.6. The molecular formula is C18H17ClFN. The molecule has 21 heavy (non-hydrogen) atoms. The van der Waals surface area contributed by atoms with E-state index in [4.69, 9.17) is 17.3 Å². The van der Waals surface area contributed by atoms with E-state index in [-0.39, 0.29) is 11.9 Å². The van der Waals surface area contributed by atoms with Crippen molar-refractivity contribution >= 4 is 11.6 Å². The zero-order chi connectivity index (χ0) is 15.6. The molecule has 0 saturated carbocycles. The van der Waals surface area contributed by atoms with Crippen LogP contribution in [0.4, 0.5) is 4.39 Å². The van der Waals surface area contributed by atoms with Gasteiger partial charge < -0.3 is 5.73 Å². The number of benzene rings is 2. The molecule has 1 atom stereocenters. The maximum Gasteiger partial charge on any atom is 0.123 e. The lowest BCUT2D eigenvalue weighted by molar-refractivity contribution is 0.628. The molecule has 2 rings (SSSR count). The molecule has 0 radical (unpaired) electrons. The highest BCUT2D eigenvalue weighted by molar-refractivity contribution is 6.31. The Morgan fingerprint density at radius 3 is 2.57 bits per heavy atom. The third kappa shape index (κ3) is 3.10. The maximum absolute atomic E-state index is 13.6. The van der Waals surface area contributed by atoms with E-state index in [0.717, 1.165) is 27.8 Å². The summed E-state index contributed by atoms with van der Waals surface area (Å²) in [6.07, 6.45) is 0. The molecule has 0 bridgehead atoms. The minimum absolute atomic E-state index is 0.223. The van der Waals surface area contributed by atoms with Gasteiger partial charge in [0.2, 0.25) is 0 Å². The molecule has 0 saturated heterocycles. The average molecular weight is 302 g/mol. The Hall–Kier alpha value is -1.82. The average Bonchev–Trinajstić information content (AvgIpc) is 2.43. The van der Waals surface area contributed by atoms with Crippen LogP contribution < -0.4 is 5.73 Å². The number of hydrogen-bond acceptors (Lipinski definition) is 1. The first-order chi connectivity index (χ1) is 9.95. The van der Waals surface area contributed by atoms with Gasteiger partial charge in [0.05, 0.1) is 0 Å². The van der Waals surface area contributed by atoms with Gasteiger partial charge in [-0.3, -0.25) is 0 Å². The third-order valence-electron chi connectivity index (χ3n) is 3.41. The molecule has 0 aliphatic heterocycles. The summed E-state index contributed by atoms with van der Waals surface area (Å²) >= 11 is 6.29. The molecule has 3 heteroatoms. The number of hydrogen-bond donors (Lipinski definition) is 1. The van der Waals surface area contributed by atoms with Crippen LogP contribution in [0.2, 0.25) is 5.02 Å². The van der Waals surface area contributed by atoms with Gasteiger partial charge in [0, 0.05) is 22.2 Å². The van der Waals surface area contributed by atoms with Gasteiger partial charge in [-0.15, -0.1) is 5.92 Å². The fraction of sp³-hybridized carbons (Fsp3) is 0.222. The molecule has 2 N–H and O–H groups in total. The first-order valence-corrected chi connectivity index (χ1v) is 7.10. The molecule has 0 aliphatic carbocycles. The topological polar surface area (TPSA) is 26.0 Å². The van der Waals surface area contributed by atoms with Gasteiger partial charge in [-0.2, -0.15) is 0 Å². The van der Waals surface area contributed by atoms with E-state index in [9.17, 15) is 4.39 Å². The molecular weight excluding hydrogens is 285 g/mol. The Kier molecular flexibility index (Phi) is 4.67. The van der Waals surface area contributed by atoms with E-state index in [1.807, 2.05) is 26.0 Å². The van der Waals surface area contributed by atoms with Crippen LogP contribution in [0.1, 0.15) is 36.6 Å². The predicted molar refractivity (Wildman–Crippen MR) is 86.7 cm³/mol. The van der Waals surface area contributed by atoms with Crippen molar-refractivity contribution in [2.45, 2.75) is 26.8 Å². The minimum Gasteiger partial charge on any atom is -0.324 e. The second-order valence-corrected chi connectivity index (χ2v) is 5.40. The fourth-order valence-electron chi connectivity index (χ4n) is 2.36. The third-order valence-corrected chi connectivity index (χ3v) is 3.80. The molecule has 1 unspecified atom stereocenters. The number of rotatable bonds is 2. The monoisotopic (exact) mass is 301 g/mol. The summed E-state index contributed by atoms with van der Waals surface area (Å²) in [6.45, 7) is 5.56. The van der Waals surface area contributed by atoms with Crippen molar-refractivity contribution in [1.29, 1.82) is 0 Å². The number of halogens is 2. The first-order valence-electron chi connectivity index (χ1n) is 6.73. The van der Waals surface area contributed by atoms with E-state index in [1.54, 1.807) is 13.0 Å². The Morgan fingerprint density at radius 1 is 1.29 bits per heavy atom. The van der Waals surface area contributed by atoms with Crippen LogP contribution in [-0.4, -0.2) is 0 Å². The molecule has 0 fully saturated rings. The summed E-state index contributed by atoms with van der Waals surface area (Å²) in [4.78, 5) is 0. The normalized spacial score (nSPS) is 11.7. The van der Waals surface area contributed by atoms with Crippen LogP contribution in [0.3, 0.4) is 0 Å². The molecule has 0 heterocycles. The highest BCUT2D eigenvalue weighted by Crippen LogP contribution is 2.36. The smallest absolute Gasteiger partial charge is 0.123 e. The standard InChI is InChI=1S/C18H17ClFN/c1-4-6-15-11(2)17(19)10-16(12(3)21)18(15)13-7-5-8-14(20)9-13/h5,7-10,12H,21H2,1-3H3. The van der Waals surface area contributed by atoms with Crippen molar-refractivity contribution in [3.63, 3.8) is 0 Å². The van der Waals surface area contributed by atoms with E-state index in [0.29, 0.717) is 5.02 Å². The van der Waals surface area contributed by atoms with Gasteiger partial charge in [0.1, 0.15) is 5.82 Å².